The minimum atomic E-state index is 0.469. The highest BCUT2D eigenvalue weighted by Gasteiger charge is 2.06. The Bertz CT molecular complexity index is 611. The number of nitrogens with one attached hydrogen (secondary N) is 1. The number of rotatable bonds is 10. The fourth-order valence-electron chi connectivity index (χ4n) is 2.35. The summed E-state index contributed by atoms with van der Waals surface area (Å²) in [6, 6.07) is 14.2. The van der Waals surface area contributed by atoms with Crippen molar-refractivity contribution in [1.82, 2.24) is 5.32 Å². The van der Waals surface area contributed by atoms with Gasteiger partial charge < -0.3 is 19.5 Å². The van der Waals surface area contributed by atoms with Gasteiger partial charge in [-0.15, -0.1) is 0 Å². The second kappa shape index (κ2) is 9.83. The molecule has 0 aliphatic carbocycles. The van der Waals surface area contributed by atoms with Crippen LogP contribution >= 0.6 is 0 Å². The number of hydrogen-bond donors (Lipinski definition) is 1. The van der Waals surface area contributed by atoms with Gasteiger partial charge in [0.1, 0.15) is 19.0 Å². The first-order valence-electron chi connectivity index (χ1n) is 8.49. The second-order valence-electron chi connectivity index (χ2n) is 5.46. The Morgan fingerprint density at radius 1 is 0.833 bits per heavy atom. The Morgan fingerprint density at radius 2 is 1.54 bits per heavy atom. The summed E-state index contributed by atoms with van der Waals surface area (Å²) in [6.07, 6.45) is 1.03. The van der Waals surface area contributed by atoms with Gasteiger partial charge >= 0.3 is 0 Å². The van der Waals surface area contributed by atoms with E-state index < -0.39 is 0 Å². The van der Waals surface area contributed by atoms with E-state index in [1.165, 1.54) is 11.1 Å². The molecule has 0 fully saturated rings. The molecule has 130 valence electrons. The summed E-state index contributed by atoms with van der Waals surface area (Å²) in [7, 11) is 1.65. The molecule has 0 saturated carbocycles. The van der Waals surface area contributed by atoms with Gasteiger partial charge in [0.05, 0.1) is 7.11 Å². The fourth-order valence-corrected chi connectivity index (χ4v) is 2.35. The highest BCUT2D eigenvalue weighted by molar-refractivity contribution is 5.43. The van der Waals surface area contributed by atoms with Crippen molar-refractivity contribution in [2.75, 3.05) is 26.9 Å². The molecule has 0 aliphatic rings. The molecule has 0 saturated heterocycles. The molecule has 2 rings (SSSR count). The monoisotopic (exact) mass is 329 g/mol. The first-order chi connectivity index (χ1) is 11.8. The molecule has 0 aliphatic heterocycles. The Kier molecular flexibility index (Phi) is 7.43. The van der Waals surface area contributed by atoms with E-state index >= 15 is 0 Å². The molecule has 0 unspecified atom stereocenters. The van der Waals surface area contributed by atoms with E-state index in [1.54, 1.807) is 7.11 Å². The molecule has 0 heterocycles. The van der Waals surface area contributed by atoms with Crippen LogP contribution in [0.4, 0.5) is 0 Å². The second-order valence-corrected chi connectivity index (χ2v) is 5.46. The molecule has 2 aromatic carbocycles. The van der Waals surface area contributed by atoms with Crippen LogP contribution in [0, 0.1) is 0 Å². The van der Waals surface area contributed by atoms with Crippen molar-refractivity contribution in [1.29, 1.82) is 0 Å². The highest BCUT2D eigenvalue weighted by Crippen LogP contribution is 2.28. The Balaban J connectivity index is 1.85. The SMILES string of the molecule is CCNCc1ccc(OC)c(OCCOc2ccc(CC)cc2)c1. The van der Waals surface area contributed by atoms with E-state index in [0.29, 0.717) is 13.2 Å². The molecule has 1 N–H and O–H groups in total. The largest absolute Gasteiger partial charge is 0.493 e. The first kappa shape index (κ1) is 18.1. The van der Waals surface area contributed by atoms with E-state index in [9.17, 15) is 0 Å². The van der Waals surface area contributed by atoms with Gasteiger partial charge in [-0.3, -0.25) is 0 Å². The molecular weight excluding hydrogens is 302 g/mol. The van der Waals surface area contributed by atoms with E-state index in [4.69, 9.17) is 14.2 Å². The highest BCUT2D eigenvalue weighted by atomic mass is 16.5. The van der Waals surface area contributed by atoms with E-state index in [1.807, 2.05) is 30.3 Å². The van der Waals surface area contributed by atoms with Gasteiger partial charge in [0, 0.05) is 6.54 Å². The van der Waals surface area contributed by atoms with Gasteiger partial charge in [0.15, 0.2) is 11.5 Å². The Labute approximate surface area is 144 Å². The zero-order valence-electron chi connectivity index (χ0n) is 14.8. The van der Waals surface area contributed by atoms with Gasteiger partial charge in [-0.25, -0.2) is 0 Å². The third-order valence-corrected chi connectivity index (χ3v) is 3.75. The number of hydrogen-bond acceptors (Lipinski definition) is 4. The Morgan fingerprint density at radius 3 is 2.21 bits per heavy atom. The number of methoxy groups -OCH3 is 1. The molecule has 2 aromatic rings. The minimum absolute atomic E-state index is 0.469. The fraction of sp³-hybridized carbons (Fsp3) is 0.400. The van der Waals surface area contributed by atoms with E-state index in [0.717, 1.165) is 36.8 Å². The lowest BCUT2D eigenvalue weighted by atomic mass is 10.2. The summed E-state index contributed by atoms with van der Waals surface area (Å²) in [6.45, 7) is 6.94. The molecule has 0 bridgehead atoms. The summed E-state index contributed by atoms with van der Waals surface area (Å²) in [5.41, 5.74) is 2.48. The Hall–Kier alpha value is -2.20. The van der Waals surface area contributed by atoms with Crippen molar-refractivity contribution >= 4 is 0 Å². The third kappa shape index (κ3) is 5.46. The summed E-state index contributed by atoms with van der Waals surface area (Å²) < 4.78 is 16.9. The molecule has 0 radical (unpaired) electrons. The molecule has 0 amide bonds. The van der Waals surface area contributed by atoms with Gasteiger partial charge in [-0.2, -0.15) is 0 Å². The normalized spacial score (nSPS) is 10.5. The smallest absolute Gasteiger partial charge is 0.161 e. The standard InChI is InChI=1S/C20H27NO3/c1-4-16-6-9-18(10-7-16)23-12-13-24-20-14-17(15-21-5-2)8-11-19(20)22-3/h6-11,14,21H,4-5,12-13,15H2,1-3H3. The van der Waals surface area contributed by atoms with Gasteiger partial charge in [0.25, 0.3) is 0 Å². The van der Waals surface area contributed by atoms with Crippen LogP contribution in [0.2, 0.25) is 0 Å². The van der Waals surface area contributed by atoms with Crippen LogP contribution < -0.4 is 19.5 Å². The predicted molar refractivity (Wildman–Crippen MR) is 97.2 cm³/mol. The van der Waals surface area contributed by atoms with Crippen LogP contribution in [0.25, 0.3) is 0 Å². The van der Waals surface area contributed by atoms with Crippen molar-refractivity contribution in [3.8, 4) is 17.2 Å². The predicted octanol–water partition coefficient (Wildman–Crippen LogP) is 3.82. The topological polar surface area (TPSA) is 39.7 Å². The first-order valence-corrected chi connectivity index (χ1v) is 8.49. The molecule has 0 aromatic heterocycles. The average Bonchev–Trinajstić information content (AvgIpc) is 2.64. The van der Waals surface area contributed by atoms with Gasteiger partial charge in [0.2, 0.25) is 0 Å². The van der Waals surface area contributed by atoms with Crippen molar-refractivity contribution in [2.24, 2.45) is 0 Å². The number of aryl methyl sites for hydroxylation is 1. The maximum Gasteiger partial charge on any atom is 0.161 e. The molecular formula is C20H27NO3. The molecule has 4 heteroatoms. The molecule has 24 heavy (non-hydrogen) atoms. The lowest BCUT2D eigenvalue weighted by molar-refractivity contribution is 0.211. The maximum atomic E-state index is 5.84. The quantitative estimate of drug-likeness (QED) is 0.673. The van der Waals surface area contributed by atoms with E-state index in [2.05, 4.69) is 31.3 Å². The van der Waals surface area contributed by atoms with E-state index in [-0.39, 0.29) is 0 Å². The van der Waals surface area contributed by atoms with Crippen LogP contribution in [-0.4, -0.2) is 26.9 Å². The zero-order chi connectivity index (χ0) is 17.2. The van der Waals surface area contributed by atoms with Gasteiger partial charge in [-0.1, -0.05) is 32.0 Å². The van der Waals surface area contributed by atoms with Crippen molar-refractivity contribution < 1.29 is 14.2 Å². The minimum Gasteiger partial charge on any atom is -0.493 e. The van der Waals surface area contributed by atoms with Crippen LogP contribution in [0.15, 0.2) is 42.5 Å². The summed E-state index contributed by atoms with van der Waals surface area (Å²) in [5, 5.41) is 3.31. The van der Waals surface area contributed by atoms with Crippen LogP contribution in [0.5, 0.6) is 17.2 Å². The summed E-state index contributed by atoms with van der Waals surface area (Å²) in [4.78, 5) is 0. The van der Waals surface area contributed by atoms with Crippen LogP contribution in [0.1, 0.15) is 25.0 Å². The third-order valence-electron chi connectivity index (χ3n) is 3.75. The number of ether oxygens (including phenoxy) is 3. The van der Waals surface area contributed by atoms with Crippen LogP contribution in [-0.2, 0) is 13.0 Å². The number of benzene rings is 2. The zero-order valence-corrected chi connectivity index (χ0v) is 14.8. The molecule has 0 spiro atoms. The van der Waals surface area contributed by atoms with Crippen molar-refractivity contribution in [3.05, 3.63) is 53.6 Å². The lowest BCUT2D eigenvalue weighted by Gasteiger charge is -2.13. The maximum absolute atomic E-state index is 5.84. The summed E-state index contributed by atoms with van der Waals surface area (Å²) >= 11 is 0. The van der Waals surface area contributed by atoms with Crippen molar-refractivity contribution in [2.45, 2.75) is 26.8 Å². The van der Waals surface area contributed by atoms with Crippen LogP contribution in [0.3, 0.4) is 0 Å². The average molecular weight is 329 g/mol. The molecule has 0 atom stereocenters. The lowest BCUT2D eigenvalue weighted by Crippen LogP contribution is -2.13. The summed E-state index contributed by atoms with van der Waals surface area (Å²) in [5.74, 6) is 2.35. The van der Waals surface area contributed by atoms with Gasteiger partial charge in [-0.05, 0) is 48.4 Å². The van der Waals surface area contributed by atoms with Crippen molar-refractivity contribution in [3.63, 3.8) is 0 Å². The molecule has 4 nitrogen and oxygen atoms in total.